The fourth-order valence-electron chi connectivity index (χ4n) is 1.96. The van der Waals surface area contributed by atoms with Gasteiger partial charge in [-0.1, -0.05) is 13.3 Å². The Morgan fingerprint density at radius 2 is 2.17 bits per heavy atom. The van der Waals surface area contributed by atoms with Gasteiger partial charge >= 0.3 is 5.95 Å². The molecule has 0 fully saturated rings. The van der Waals surface area contributed by atoms with Crippen molar-refractivity contribution < 1.29 is 14.3 Å². The number of nitrogens with zero attached hydrogens (tertiary/aromatic N) is 3. The van der Waals surface area contributed by atoms with Gasteiger partial charge in [0, 0.05) is 17.1 Å². The molecule has 0 spiro atoms. The molecule has 7 heteroatoms. The van der Waals surface area contributed by atoms with E-state index in [1.807, 2.05) is 29.6 Å². The molecule has 0 atom stereocenters. The van der Waals surface area contributed by atoms with Crippen molar-refractivity contribution >= 4 is 22.7 Å². The summed E-state index contributed by atoms with van der Waals surface area (Å²) in [6.45, 7) is 2.82. The third-order valence-corrected chi connectivity index (χ3v) is 3.90. The van der Waals surface area contributed by atoms with Crippen LogP contribution in [0.2, 0.25) is 0 Å². The van der Waals surface area contributed by atoms with Crippen molar-refractivity contribution in [3.63, 3.8) is 0 Å². The second kappa shape index (κ2) is 7.74. The number of ether oxygens (including phenoxy) is 1. The predicted molar refractivity (Wildman–Crippen MR) is 93.4 cm³/mol. The zero-order valence-corrected chi connectivity index (χ0v) is 14.0. The van der Waals surface area contributed by atoms with Crippen LogP contribution < -0.4 is 4.74 Å². The maximum Gasteiger partial charge on any atom is 0.312 e. The van der Waals surface area contributed by atoms with Crippen molar-refractivity contribution in [2.45, 2.75) is 19.8 Å². The van der Waals surface area contributed by atoms with Crippen LogP contribution in [0.3, 0.4) is 0 Å². The van der Waals surface area contributed by atoms with Gasteiger partial charge in [0.2, 0.25) is 11.0 Å². The van der Waals surface area contributed by atoms with Crippen molar-refractivity contribution in [3.05, 3.63) is 41.5 Å². The second-order valence-electron chi connectivity index (χ2n) is 5.01. The van der Waals surface area contributed by atoms with E-state index < -0.39 is 0 Å². The SMILES string of the molecule is CCCCOc1ccc(-c2nc(C=Nc3nccs3)c(O)o2)cc1. The van der Waals surface area contributed by atoms with Crippen LogP contribution in [0, 0.1) is 0 Å². The van der Waals surface area contributed by atoms with E-state index in [9.17, 15) is 5.11 Å². The van der Waals surface area contributed by atoms with Crippen molar-refractivity contribution in [2.24, 2.45) is 4.99 Å². The number of rotatable bonds is 7. The highest BCUT2D eigenvalue weighted by Crippen LogP contribution is 2.27. The molecule has 124 valence electrons. The first-order chi connectivity index (χ1) is 11.8. The van der Waals surface area contributed by atoms with Gasteiger partial charge in [0.05, 0.1) is 12.8 Å². The summed E-state index contributed by atoms with van der Waals surface area (Å²) in [6, 6.07) is 7.40. The molecule has 2 heterocycles. The highest BCUT2D eigenvalue weighted by Gasteiger charge is 2.12. The Morgan fingerprint density at radius 3 is 2.88 bits per heavy atom. The van der Waals surface area contributed by atoms with Crippen molar-refractivity contribution in [1.82, 2.24) is 9.97 Å². The molecular formula is C17H17N3O3S. The Morgan fingerprint density at radius 1 is 1.33 bits per heavy atom. The largest absolute Gasteiger partial charge is 0.494 e. The molecule has 0 saturated heterocycles. The minimum absolute atomic E-state index is 0.267. The molecule has 24 heavy (non-hydrogen) atoms. The average Bonchev–Trinajstić information content (AvgIpc) is 3.23. The number of thiazole rings is 1. The van der Waals surface area contributed by atoms with E-state index in [1.54, 1.807) is 6.20 Å². The number of hydrogen-bond acceptors (Lipinski definition) is 7. The molecule has 6 nitrogen and oxygen atoms in total. The molecule has 0 aliphatic carbocycles. The maximum atomic E-state index is 9.86. The monoisotopic (exact) mass is 343 g/mol. The molecule has 0 saturated carbocycles. The van der Waals surface area contributed by atoms with Crippen LogP contribution in [0.4, 0.5) is 5.13 Å². The summed E-state index contributed by atoms with van der Waals surface area (Å²) in [7, 11) is 0. The second-order valence-corrected chi connectivity index (χ2v) is 5.88. The van der Waals surface area contributed by atoms with Gasteiger partial charge in [-0.2, -0.15) is 0 Å². The van der Waals surface area contributed by atoms with E-state index >= 15 is 0 Å². The van der Waals surface area contributed by atoms with E-state index in [2.05, 4.69) is 21.9 Å². The standard InChI is InChI=1S/C17H17N3O3S/c1-2-3-9-22-13-6-4-12(5-7-13)15-20-14(16(21)23-15)11-19-17-18-8-10-24-17/h4-8,10-11,21H,2-3,9H2,1H3. The highest BCUT2D eigenvalue weighted by atomic mass is 32.1. The van der Waals surface area contributed by atoms with Gasteiger partial charge in [-0.3, -0.25) is 0 Å². The Labute approximate surface area is 143 Å². The predicted octanol–water partition coefficient (Wildman–Crippen LogP) is 4.43. The third kappa shape index (κ3) is 3.99. The topological polar surface area (TPSA) is 80.7 Å². The van der Waals surface area contributed by atoms with Gasteiger partial charge in [0.1, 0.15) is 5.75 Å². The average molecular weight is 343 g/mol. The molecule has 2 aromatic heterocycles. The minimum Gasteiger partial charge on any atom is -0.494 e. The van der Waals surface area contributed by atoms with E-state index in [1.165, 1.54) is 17.6 Å². The molecule has 0 amide bonds. The first kappa shape index (κ1) is 16.2. The van der Waals surface area contributed by atoms with Crippen molar-refractivity contribution in [1.29, 1.82) is 0 Å². The molecule has 1 aromatic carbocycles. The number of aromatic hydroxyl groups is 1. The molecule has 0 aliphatic rings. The van der Waals surface area contributed by atoms with Crippen LogP contribution in [0.15, 0.2) is 45.3 Å². The van der Waals surface area contributed by atoms with E-state index in [-0.39, 0.29) is 11.6 Å². The third-order valence-electron chi connectivity index (χ3n) is 3.22. The Bertz CT molecular complexity index is 795. The van der Waals surface area contributed by atoms with Crippen LogP contribution in [0.1, 0.15) is 25.5 Å². The Hall–Kier alpha value is -2.67. The van der Waals surface area contributed by atoms with Crippen LogP contribution >= 0.6 is 11.3 Å². The van der Waals surface area contributed by atoms with Crippen molar-refractivity contribution in [2.75, 3.05) is 6.61 Å². The van der Waals surface area contributed by atoms with Crippen LogP contribution in [0.5, 0.6) is 11.7 Å². The molecular weight excluding hydrogens is 326 g/mol. The lowest BCUT2D eigenvalue weighted by molar-refractivity contribution is 0.309. The van der Waals surface area contributed by atoms with Gasteiger partial charge in [-0.25, -0.2) is 15.0 Å². The quantitative estimate of drug-likeness (QED) is 0.507. The molecule has 3 rings (SSSR count). The van der Waals surface area contributed by atoms with Gasteiger partial charge < -0.3 is 14.3 Å². The van der Waals surface area contributed by atoms with Crippen molar-refractivity contribution in [3.8, 4) is 23.1 Å². The van der Waals surface area contributed by atoms with Crippen LogP contribution in [-0.2, 0) is 0 Å². The van der Waals surface area contributed by atoms with Gasteiger partial charge in [-0.15, -0.1) is 11.3 Å². The Balaban J connectivity index is 1.72. The van der Waals surface area contributed by atoms with Crippen LogP contribution in [-0.4, -0.2) is 27.9 Å². The summed E-state index contributed by atoms with van der Waals surface area (Å²) in [5.41, 5.74) is 1.02. The number of oxazole rings is 1. The molecule has 1 N–H and O–H groups in total. The summed E-state index contributed by atoms with van der Waals surface area (Å²) in [4.78, 5) is 12.4. The number of aliphatic imine (C=N–C) groups is 1. The lowest BCUT2D eigenvalue weighted by atomic mass is 10.2. The molecule has 0 unspecified atom stereocenters. The van der Waals surface area contributed by atoms with Gasteiger partial charge in [0.15, 0.2) is 5.69 Å². The van der Waals surface area contributed by atoms with E-state index in [0.29, 0.717) is 17.6 Å². The summed E-state index contributed by atoms with van der Waals surface area (Å²) in [5.74, 6) is 0.857. The first-order valence-electron chi connectivity index (χ1n) is 7.63. The van der Waals surface area contributed by atoms with Gasteiger partial charge in [0.25, 0.3) is 0 Å². The Kier molecular flexibility index (Phi) is 5.22. The normalized spacial score (nSPS) is 11.2. The van der Waals surface area contributed by atoms with Gasteiger partial charge in [-0.05, 0) is 30.7 Å². The zero-order chi connectivity index (χ0) is 16.8. The minimum atomic E-state index is -0.270. The van der Waals surface area contributed by atoms with E-state index in [4.69, 9.17) is 9.15 Å². The number of aromatic nitrogens is 2. The lowest BCUT2D eigenvalue weighted by Crippen LogP contribution is -1.95. The van der Waals surface area contributed by atoms with E-state index in [0.717, 1.165) is 24.2 Å². The summed E-state index contributed by atoms with van der Waals surface area (Å²) in [5, 5.41) is 12.3. The maximum absolute atomic E-state index is 9.86. The number of hydrogen-bond donors (Lipinski definition) is 1. The molecule has 0 aliphatic heterocycles. The highest BCUT2D eigenvalue weighted by molar-refractivity contribution is 7.13. The number of benzene rings is 1. The summed E-state index contributed by atoms with van der Waals surface area (Å²) in [6.07, 6.45) is 5.22. The number of unbranched alkanes of at least 4 members (excludes halogenated alkanes) is 1. The summed E-state index contributed by atoms with van der Waals surface area (Å²) >= 11 is 1.40. The van der Waals surface area contributed by atoms with Crippen LogP contribution in [0.25, 0.3) is 11.5 Å². The molecule has 0 radical (unpaired) electrons. The first-order valence-corrected chi connectivity index (χ1v) is 8.51. The molecule has 0 bridgehead atoms. The molecule has 3 aromatic rings. The fraction of sp³-hybridized carbons (Fsp3) is 0.235. The zero-order valence-electron chi connectivity index (χ0n) is 13.2. The summed E-state index contributed by atoms with van der Waals surface area (Å²) < 4.78 is 10.9. The fourth-order valence-corrected chi connectivity index (χ4v) is 2.43. The lowest BCUT2D eigenvalue weighted by Gasteiger charge is -2.05. The smallest absolute Gasteiger partial charge is 0.312 e.